The molecular weight excluding hydrogens is 328 g/mol. The number of piperidine rings is 1. The first-order chi connectivity index (χ1) is 11.8. The number of rotatable bonds is 5. The highest BCUT2D eigenvalue weighted by Crippen LogP contribution is 2.25. The Morgan fingerprint density at radius 1 is 1.32 bits per heavy atom. The molecular formula is C18H25F2N3O2. The second kappa shape index (κ2) is 8.38. The lowest BCUT2D eigenvalue weighted by atomic mass is 9.90. The topological polar surface area (TPSA) is 75.4 Å². The van der Waals surface area contributed by atoms with Crippen LogP contribution in [0.5, 0.6) is 0 Å². The molecule has 1 heterocycles. The summed E-state index contributed by atoms with van der Waals surface area (Å²) in [4.78, 5) is 25.7. The molecule has 1 fully saturated rings. The van der Waals surface area contributed by atoms with E-state index in [2.05, 4.69) is 5.32 Å². The van der Waals surface area contributed by atoms with E-state index >= 15 is 0 Å². The van der Waals surface area contributed by atoms with E-state index in [1.165, 1.54) is 13.0 Å². The van der Waals surface area contributed by atoms with Gasteiger partial charge in [0.1, 0.15) is 11.6 Å². The molecule has 7 heteroatoms. The van der Waals surface area contributed by atoms with Gasteiger partial charge in [0, 0.05) is 37.7 Å². The van der Waals surface area contributed by atoms with E-state index in [0.29, 0.717) is 19.0 Å². The van der Waals surface area contributed by atoms with Gasteiger partial charge in [-0.2, -0.15) is 0 Å². The smallest absolute Gasteiger partial charge is 0.224 e. The molecule has 138 valence electrons. The lowest BCUT2D eigenvalue weighted by Gasteiger charge is -2.34. The number of carbonyl (C=O) groups is 2. The fourth-order valence-electron chi connectivity index (χ4n) is 3.25. The van der Waals surface area contributed by atoms with E-state index < -0.39 is 17.7 Å². The molecule has 3 N–H and O–H groups in total. The van der Waals surface area contributed by atoms with Gasteiger partial charge < -0.3 is 16.0 Å². The van der Waals surface area contributed by atoms with E-state index in [-0.39, 0.29) is 29.8 Å². The zero-order valence-corrected chi connectivity index (χ0v) is 14.6. The van der Waals surface area contributed by atoms with E-state index in [0.717, 1.165) is 25.0 Å². The van der Waals surface area contributed by atoms with Gasteiger partial charge in [-0.1, -0.05) is 6.07 Å². The lowest BCUT2D eigenvalue weighted by Crippen LogP contribution is -2.43. The van der Waals surface area contributed by atoms with E-state index in [9.17, 15) is 18.4 Å². The molecule has 25 heavy (non-hydrogen) atoms. The standard InChI is InChI=1S/C18H25F2N3O2/c1-11(21)13-5-7-23(8-6-13)18(25)10-17(22-12(2)24)15-4-3-14(19)9-16(15)20/h3-4,9,11,13,17H,5-8,10,21H2,1-2H3,(H,22,24). The van der Waals surface area contributed by atoms with Gasteiger partial charge in [0.05, 0.1) is 12.5 Å². The SMILES string of the molecule is CC(=O)NC(CC(=O)N1CCC(C(C)N)CC1)c1ccc(F)cc1F. The molecule has 5 nitrogen and oxygen atoms in total. The van der Waals surface area contributed by atoms with Gasteiger partial charge in [0.25, 0.3) is 0 Å². The summed E-state index contributed by atoms with van der Waals surface area (Å²) in [6.45, 7) is 4.47. The van der Waals surface area contributed by atoms with Crippen molar-refractivity contribution < 1.29 is 18.4 Å². The van der Waals surface area contributed by atoms with Gasteiger partial charge in [0.2, 0.25) is 11.8 Å². The predicted octanol–water partition coefficient (Wildman–Crippen LogP) is 2.12. The molecule has 1 aromatic carbocycles. The largest absolute Gasteiger partial charge is 0.349 e. The fraction of sp³-hybridized carbons (Fsp3) is 0.556. The Morgan fingerprint density at radius 2 is 1.96 bits per heavy atom. The van der Waals surface area contributed by atoms with Crippen LogP contribution in [-0.4, -0.2) is 35.8 Å². The van der Waals surface area contributed by atoms with Crippen LogP contribution in [0, 0.1) is 17.6 Å². The van der Waals surface area contributed by atoms with E-state index in [1.807, 2.05) is 6.92 Å². The Hall–Kier alpha value is -2.02. The Morgan fingerprint density at radius 3 is 2.48 bits per heavy atom. The molecule has 0 aromatic heterocycles. The van der Waals surface area contributed by atoms with Crippen LogP contribution in [-0.2, 0) is 9.59 Å². The first-order valence-corrected chi connectivity index (χ1v) is 8.53. The van der Waals surface area contributed by atoms with Gasteiger partial charge in [-0.3, -0.25) is 9.59 Å². The number of hydrogen-bond acceptors (Lipinski definition) is 3. The van der Waals surface area contributed by atoms with Gasteiger partial charge >= 0.3 is 0 Å². The molecule has 0 aliphatic carbocycles. The van der Waals surface area contributed by atoms with Crippen LogP contribution in [0.4, 0.5) is 8.78 Å². The number of benzene rings is 1. The minimum atomic E-state index is -0.822. The molecule has 2 atom stereocenters. The third-order valence-corrected chi connectivity index (χ3v) is 4.73. The molecule has 1 aliphatic rings. The van der Waals surface area contributed by atoms with Crippen LogP contribution in [0.1, 0.15) is 44.7 Å². The number of carbonyl (C=O) groups excluding carboxylic acids is 2. The highest BCUT2D eigenvalue weighted by molar-refractivity contribution is 5.79. The number of amides is 2. The van der Waals surface area contributed by atoms with Gasteiger partial charge in [0.15, 0.2) is 0 Å². The summed E-state index contributed by atoms with van der Waals surface area (Å²) in [5.41, 5.74) is 6.01. The summed E-state index contributed by atoms with van der Waals surface area (Å²) in [5, 5.41) is 2.58. The summed E-state index contributed by atoms with van der Waals surface area (Å²) in [6, 6.07) is 2.41. The molecule has 1 saturated heterocycles. The number of likely N-dealkylation sites (tertiary alicyclic amines) is 1. The van der Waals surface area contributed by atoms with Crippen LogP contribution in [0.2, 0.25) is 0 Å². The van der Waals surface area contributed by atoms with Crippen LogP contribution in [0.15, 0.2) is 18.2 Å². The van der Waals surface area contributed by atoms with Crippen molar-refractivity contribution >= 4 is 11.8 Å². The Bertz CT molecular complexity index is 629. The summed E-state index contributed by atoms with van der Waals surface area (Å²) in [6.07, 6.45) is 1.60. The summed E-state index contributed by atoms with van der Waals surface area (Å²) >= 11 is 0. The zero-order chi connectivity index (χ0) is 18.6. The van der Waals surface area contributed by atoms with Crippen LogP contribution < -0.4 is 11.1 Å². The first-order valence-electron chi connectivity index (χ1n) is 8.53. The van der Waals surface area contributed by atoms with Gasteiger partial charge in [-0.25, -0.2) is 8.78 Å². The van der Waals surface area contributed by atoms with E-state index in [4.69, 9.17) is 5.73 Å². The highest BCUT2D eigenvalue weighted by atomic mass is 19.1. The number of nitrogens with one attached hydrogen (secondary N) is 1. The molecule has 0 radical (unpaired) electrons. The molecule has 2 amide bonds. The molecule has 2 unspecified atom stereocenters. The third kappa shape index (κ3) is 5.22. The first kappa shape index (κ1) is 19.3. The van der Waals surface area contributed by atoms with Gasteiger partial charge in [-0.15, -0.1) is 0 Å². The van der Waals surface area contributed by atoms with Crippen LogP contribution >= 0.6 is 0 Å². The lowest BCUT2D eigenvalue weighted by molar-refractivity contribution is -0.133. The average molecular weight is 353 g/mol. The molecule has 0 bridgehead atoms. The van der Waals surface area contributed by atoms with Gasteiger partial charge in [-0.05, 0) is 31.7 Å². The monoisotopic (exact) mass is 353 g/mol. The quantitative estimate of drug-likeness (QED) is 0.851. The maximum atomic E-state index is 14.1. The van der Waals surface area contributed by atoms with Crippen molar-refractivity contribution in [2.24, 2.45) is 11.7 Å². The van der Waals surface area contributed by atoms with Crippen molar-refractivity contribution in [3.63, 3.8) is 0 Å². The third-order valence-electron chi connectivity index (χ3n) is 4.73. The van der Waals surface area contributed by atoms with Crippen molar-refractivity contribution in [1.29, 1.82) is 0 Å². The average Bonchev–Trinajstić information content (AvgIpc) is 2.54. The molecule has 1 aliphatic heterocycles. The highest BCUT2D eigenvalue weighted by Gasteiger charge is 2.28. The fourth-order valence-corrected chi connectivity index (χ4v) is 3.25. The number of nitrogens with zero attached hydrogens (tertiary/aromatic N) is 1. The Balaban J connectivity index is 2.07. The maximum absolute atomic E-state index is 14.1. The Kier molecular flexibility index (Phi) is 6.47. The second-order valence-corrected chi connectivity index (χ2v) is 6.70. The van der Waals surface area contributed by atoms with Crippen molar-refractivity contribution in [2.45, 2.75) is 45.2 Å². The van der Waals surface area contributed by atoms with Crippen molar-refractivity contribution in [3.8, 4) is 0 Å². The maximum Gasteiger partial charge on any atom is 0.224 e. The molecule has 0 saturated carbocycles. The van der Waals surface area contributed by atoms with Crippen LogP contribution in [0.3, 0.4) is 0 Å². The summed E-state index contributed by atoms with van der Waals surface area (Å²) in [7, 11) is 0. The number of halogens is 2. The zero-order valence-electron chi connectivity index (χ0n) is 14.6. The second-order valence-electron chi connectivity index (χ2n) is 6.70. The molecule has 0 spiro atoms. The summed E-state index contributed by atoms with van der Waals surface area (Å²) < 4.78 is 27.2. The minimum Gasteiger partial charge on any atom is -0.349 e. The minimum absolute atomic E-state index is 0.0645. The number of nitrogens with two attached hydrogens (primary N) is 1. The summed E-state index contributed by atoms with van der Waals surface area (Å²) in [5.74, 6) is -1.62. The molecule has 2 rings (SSSR count). The van der Waals surface area contributed by atoms with E-state index in [1.54, 1.807) is 4.90 Å². The van der Waals surface area contributed by atoms with Crippen molar-refractivity contribution in [1.82, 2.24) is 10.2 Å². The number of hydrogen-bond donors (Lipinski definition) is 2. The predicted molar refractivity (Wildman–Crippen MR) is 90.5 cm³/mol. The Labute approximate surface area is 146 Å². The normalized spacial score (nSPS) is 17.9. The van der Waals surface area contributed by atoms with Crippen molar-refractivity contribution in [3.05, 3.63) is 35.4 Å². The van der Waals surface area contributed by atoms with Crippen molar-refractivity contribution in [2.75, 3.05) is 13.1 Å². The van der Waals surface area contributed by atoms with Crippen LogP contribution in [0.25, 0.3) is 0 Å². The molecule has 1 aromatic rings.